The molecule has 1 heterocycles. The Hall–Kier alpha value is -2.73. The van der Waals surface area contributed by atoms with Crippen LogP contribution in [0.2, 0.25) is 0 Å². The highest BCUT2D eigenvalue weighted by Gasteiger charge is 2.48. The lowest BCUT2D eigenvalue weighted by atomic mass is 9.72. The molecule has 0 spiro atoms. The van der Waals surface area contributed by atoms with Crippen LogP contribution in [0.5, 0.6) is 11.5 Å². The molecule has 31 heavy (non-hydrogen) atoms. The molecule has 6 nitrogen and oxygen atoms in total. The summed E-state index contributed by atoms with van der Waals surface area (Å²) < 4.78 is 16.5. The standard InChI is InChI=1S/C25H33NO5/c1-18(27)25(2)17-26(24(28)30-4)16-21(25)20-12-13-22(29-3)23(15-20)31-14-8-11-19-9-6-5-7-10-19/h5-7,9-10,12-13,15,18,21,27H,8,11,14,16-17H2,1-4H3/t18-,21?,25?/m0/s1. The van der Waals surface area contributed by atoms with Crippen LogP contribution in [0, 0.1) is 5.41 Å². The lowest BCUT2D eigenvalue weighted by Gasteiger charge is -2.33. The van der Waals surface area contributed by atoms with Crippen LogP contribution in [0.4, 0.5) is 4.79 Å². The van der Waals surface area contributed by atoms with Crippen LogP contribution in [0.1, 0.15) is 37.3 Å². The number of amides is 1. The summed E-state index contributed by atoms with van der Waals surface area (Å²) in [4.78, 5) is 13.8. The highest BCUT2D eigenvalue weighted by Crippen LogP contribution is 2.47. The van der Waals surface area contributed by atoms with Crippen molar-refractivity contribution in [1.29, 1.82) is 0 Å². The second kappa shape index (κ2) is 10.1. The predicted molar refractivity (Wildman–Crippen MR) is 120 cm³/mol. The van der Waals surface area contributed by atoms with Gasteiger partial charge in [-0.3, -0.25) is 0 Å². The zero-order chi connectivity index (χ0) is 22.4. The maximum atomic E-state index is 12.1. The van der Waals surface area contributed by atoms with Gasteiger partial charge in [0.25, 0.3) is 0 Å². The van der Waals surface area contributed by atoms with Gasteiger partial charge in [-0.2, -0.15) is 0 Å². The molecular weight excluding hydrogens is 394 g/mol. The Balaban J connectivity index is 1.75. The Morgan fingerprint density at radius 3 is 2.58 bits per heavy atom. The minimum atomic E-state index is -0.593. The third-order valence-corrected chi connectivity index (χ3v) is 6.42. The molecule has 0 radical (unpaired) electrons. The van der Waals surface area contributed by atoms with Crippen molar-refractivity contribution < 1.29 is 24.1 Å². The van der Waals surface area contributed by atoms with E-state index < -0.39 is 11.5 Å². The third-order valence-electron chi connectivity index (χ3n) is 6.42. The van der Waals surface area contributed by atoms with Gasteiger partial charge < -0.3 is 24.2 Å². The van der Waals surface area contributed by atoms with Crippen LogP contribution in [-0.4, -0.2) is 56.1 Å². The van der Waals surface area contributed by atoms with Crippen LogP contribution in [-0.2, 0) is 11.2 Å². The number of aliphatic hydroxyl groups excluding tert-OH is 1. The van der Waals surface area contributed by atoms with E-state index in [0.29, 0.717) is 31.2 Å². The Labute approximate surface area is 184 Å². The third kappa shape index (κ3) is 5.13. The molecule has 3 atom stereocenters. The number of aryl methyl sites for hydroxylation is 1. The predicted octanol–water partition coefficient (Wildman–Crippen LogP) is 4.26. The first-order valence-electron chi connectivity index (χ1n) is 10.7. The van der Waals surface area contributed by atoms with E-state index in [-0.39, 0.29) is 12.0 Å². The number of hydrogen-bond donors (Lipinski definition) is 1. The van der Waals surface area contributed by atoms with E-state index in [1.165, 1.54) is 12.7 Å². The molecule has 2 unspecified atom stereocenters. The van der Waals surface area contributed by atoms with Gasteiger partial charge >= 0.3 is 6.09 Å². The topological polar surface area (TPSA) is 68.2 Å². The van der Waals surface area contributed by atoms with Gasteiger partial charge in [-0.05, 0) is 43.0 Å². The molecule has 1 amide bonds. The molecule has 1 fully saturated rings. The number of carbonyl (C=O) groups is 1. The van der Waals surface area contributed by atoms with Gasteiger partial charge in [-0.15, -0.1) is 0 Å². The number of aliphatic hydroxyl groups is 1. The molecule has 0 aliphatic carbocycles. The number of likely N-dealkylation sites (tertiary alicyclic amines) is 1. The lowest BCUT2D eigenvalue weighted by molar-refractivity contribution is 0.0470. The highest BCUT2D eigenvalue weighted by atomic mass is 16.5. The minimum absolute atomic E-state index is 0.0517. The second-order valence-corrected chi connectivity index (χ2v) is 8.43. The van der Waals surface area contributed by atoms with Gasteiger partial charge in [0.05, 0.1) is 26.9 Å². The first kappa shape index (κ1) is 22.9. The smallest absolute Gasteiger partial charge is 0.409 e. The van der Waals surface area contributed by atoms with Gasteiger partial charge in [0.1, 0.15) is 0 Å². The van der Waals surface area contributed by atoms with Gasteiger partial charge in [-0.1, -0.05) is 43.3 Å². The Morgan fingerprint density at radius 1 is 1.19 bits per heavy atom. The second-order valence-electron chi connectivity index (χ2n) is 8.43. The van der Waals surface area contributed by atoms with Gasteiger partial charge in [0.2, 0.25) is 0 Å². The molecule has 3 rings (SSSR count). The molecule has 1 aliphatic heterocycles. The minimum Gasteiger partial charge on any atom is -0.493 e. The van der Waals surface area contributed by atoms with Crippen LogP contribution < -0.4 is 9.47 Å². The van der Waals surface area contributed by atoms with E-state index >= 15 is 0 Å². The summed E-state index contributed by atoms with van der Waals surface area (Å²) in [7, 11) is 3.00. The molecular formula is C25H33NO5. The van der Waals surface area contributed by atoms with E-state index in [2.05, 4.69) is 12.1 Å². The van der Waals surface area contributed by atoms with Crippen molar-refractivity contribution in [2.24, 2.45) is 5.41 Å². The highest BCUT2D eigenvalue weighted by molar-refractivity contribution is 5.68. The fraction of sp³-hybridized carbons (Fsp3) is 0.480. The summed E-state index contributed by atoms with van der Waals surface area (Å²) in [5.74, 6) is 1.30. The summed E-state index contributed by atoms with van der Waals surface area (Å²) in [6.07, 6.45) is 0.868. The Kier molecular flexibility index (Phi) is 7.44. The number of carbonyl (C=O) groups excluding carboxylic acids is 1. The molecule has 0 aromatic heterocycles. The van der Waals surface area contributed by atoms with E-state index in [1.807, 2.05) is 43.3 Å². The van der Waals surface area contributed by atoms with Gasteiger partial charge in [-0.25, -0.2) is 4.79 Å². The summed E-state index contributed by atoms with van der Waals surface area (Å²) in [5.41, 5.74) is 1.80. The average Bonchev–Trinajstić information content (AvgIpc) is 3.15. The van der Waals surface area contributed by atoms with Crippen molar-refractivity contribution in [2.45, 2.75) is 38.7 Å². The summed E-state index contributed by atoms with van der Waals surface area (Å²) in [6.45, 7) is 5.27. The van der Waals surface area contributed by atoms with Crippen molar-refractivity contribution in [3.8, 4) is 11.5 Å². The largest absolute Gasteiger partial charge is 0.493 e. The number of ether oxygens (including phenoxy) is 3. The number of nitrogens with zero attached hydrogens (tertiary/aromatic N) is 1. The Morgan fingerprint density at radius 2 is 1.94 bits per heavy atom. The summed E-state index contributed by atoms with van der Waals surface area (Å²) in [5, 5.41) is 10.5. The Bertz CT molecular complexity index is 869. The number of hydrogen-bond acceptors (Lipinski definition) is 5. The zero-order valence-corrected chi connectivity index (χ0v) is 18.8. The zero-order valence-electron chi connectivity index (χ0n) is 18.8. The first-order valence-corrected chi connectivity index (χ1v) is 10.7. The summed E-state index contributed by atoms with van der Waals surface area (Å²) >= 11 is 0. The molecule has 0 saturated carbocycles. The molecule has 0 bridgehead atoms. The van der Waals surface area contributed by atoms with Crippen LogP contribution in [0.25, 0.3) is 0 Å². The van der Waals surface area contributed by atoms with Crippen molar-refractivity contribution in [1.82, 2.24) is 4.90 Å². The van der Waals surface area contributed by atoms with E-state index in [0.717, 1.165) is 18.4 Å². The fourth-order valence-corrected chi connectivity index (χ4v) is 4.32. The van der Waals surface area contributed by atoms with E-state index in [1.54, 1.807) is 18.9 Å². The fourth-order valence-electron chi connectivity index (χ4n) is 4.32. The van der Waals surface area contributed by atoms with Crippen LogP contribution >= 0.6 is 0 Å². The molecule has 1 N–H and O–H groups in total. The van der Waals surface area contributed by atoms with E-state index in [4.69, 9.17) is 14.2 Å². The molecule has 2 aromatic carbocycles. The SMILES string of the molecule is COC(=O)N1CC(c2ccc(OC)c(OCCCc3ccccc3)c2)C(C)([C@H](C)O)C1. The summed E-state index contributed by atoms with van der Waals surface area (Å²) in [6, 6.07) is 16.2. The maximum absolute atomic E-state index is 12.1. The number of methoxy groups -OCH3 is 2. The van der Waals surface area contributed by atoms with Gasteiger partial charge in [0, 0.05) is 24.4 Å². The quantitative estimate of drug-likeness (QED) is 0.638. The molecule has 168 valence electrons. The first-order chi connectivity index (χ1) is 14.9. The number of rotatable bonds is 8. The van der Waals surface area contributed by atoms with Crippen LogP contribution in [0.3, 0.4) is 0 Å². The number of benzene rings is 2. The van der Waals surface area contributed by atoms with Crippen molar-refractivity contribution >= 4 is 6.09 Å². The monoisotopic (exact) mass is 427 g/mol. The maximum Gasteiger partial charge on any atom is 0.409 e. The van der Waals surface area contributed by atoms with Crippen LogP contribution in [0.15, 0.2) is 48.5 Å². The molecule has 1 aliphatic rings. The average molecular weight is 428 g/mol. The molecule has 1 saturated heterocycles. The van der Waals surface area contributed by atoms with Gasteiger partial charge in [0.15, 0.2) is 11.5 Å². The van der Waals surface area contributed by atoms with Crippen molar-refractivity contribution in [3.63, 3.8) is 0 Å². The lowest BCUT2D eigenvalue weighted by Crippen LogP contribution is -2.38. The molecule has 6 heteroatoms. The van der Waals surface area contributed by atoms with E-state index in [9.17, 15) is 9.90 Å². The molecule has 2 aromatic rings. The normalized spacial score (nSPS) is 21.6. The van der Waals surface area contributed by atoms with Crippen molar-refractivity contribution in [3.05, 3.63) is 59.7 Å². The van der Waals surface area contributed by atoms with Crippen molar-refractivity contribution in [2.75, 3.05) is 33.9 Å².